The van der Waals surface area contributed by atoms with Crippen molar-refractivity contribution in [3.63, 3.8) is 0 Å². The Hall–Kier alpha value is -2.74. The molecule has 3 aromatic rings. The average Bonchev–Trinajstić information content (AvgIpc) is 2.74. The lowest BCUT2D eigenvalue weighted by atomic mass is 10.1. The number of ether oxygens (including phenoxy) is 1. The van der Waals surface area contributed by atoms with Gasteiger partial charge < -0.3 is 15.0 Å². The summed E-state index contributed by atoms with van der Waals surface area (Å²) in [7, 11) is 0. The van der Waals surface area contributed by atoms with Gasteiger partial charge in [-0.2, -0.15) is 0 Å². The zero-order valence-electron chi connectivity index (χ0n) is 15.8. The SMILES string of the molecule is O=C(Nc1nc2c(CCN3CCOCC3)cccc2[nH]c1=O)c1ccc(Cl)cc1. The summed E-state index contributed by atoms with van der Waals surface area (Å²) in [6.45, 7) is 4.22. The highest BCUT2D eigenvalue weighted by atomic mass is 35.5. The van der Waals surface area contributed by atoms with Crippen molar-refractivity contribution in [3.8, 4) is 0 Å². The number of fused-ring (bicyclic) bond motifs is 1. The predicted octanol–water partition coefficient (Wildman–Crippen LogP) is 2.70. The number of morpholine rings is 1. The summed E-state index contributed by atoms with van der Waals surface area (Å²) < 4.78 is 5.39. The van der Waals surface area contributed by atoms with Gasteiger partial charge in [0, 0.05) is 30.2 Å². The molecule has 2 heterocycles. The molecule has 1 fully saturated rings. The van der Waals surface area contributed by atoms with E-state index in [1.165, 1.54) is 0 Å². The van der Waals surface area contributed by atoms with Crippen molar-refractivity contribution in [2.45, 2.75) is 6.42 Å². The van der Waals surface area contributed by atoms with E-state index in [9.17, 15) is 9.59 Å². The van der Waals surface area contributed by atoms with E-state index in [2.05, 4.69) is 20.2 Å². The molecule has 29 heavy (non-hydrogen) atoms. The van der Waals surface area contributed by atoms with Crippen LogP contribution in [0, 0.1) is 0 Å². The molecule has 1 aromatic heterocycles. The highest BCUT2D eigenvalue weighted by molar-refractivity contribution is 6.30. The first-order valence-electron chi connectivity index (χ1n) is 9.49. The smallest absolute Gasteiger partial charge is 0.291 e. The fourth-order valence-corrected chi connectivity index (χ4v) is 3.47. The Labute approximate surface area is 172 Å². The second-order valence-electron chi connectivity index (χ2n) is 6.89. The van der Waals surface area contributed by atoms with Gasteiger partial charge in [-0.1, -0.05) is 23.7 Å². The van der Waals surface area contributed by atoms with Crippen LogP contribution < -0.4 is 10.9 Å². The van der Waals surface area contributed by atoms with Crippen LogP contribution in [-0.4, -0.2) is 53.6 Å². The first-order chi connectivity index (χ1) is 14.1. The summed E-state index contributed by atoms with van der Waals surface area (Å²) in [4.78, 5) is 34.5. The Balaban J connectivity index is 1.57. The maximum atomic E-state index is 12.5. The number of anilines is 1. The maximum Gasteiger partial charge on any atom is 0.291 e. The van der Waals surface area contributed by atoms with Crippen LogP contribution in [0.5, 0.6) is 0 Å². The van der Waals surface area contributed by atoms with Crippen molar-refractivity contribution in [2.75, 3.05) is 38.2 Å². The van der Waals surface area contributed by atoms with Crippen LogP contribution in [0.2, 0.25) is 5.02 Å². The third kappa shape index (κ3) is 4.64. The summed E-state index contributed by atoms with van der Waals surface area (Å²) >= 11 is 5.86. The third-order valence-corrected chi connectivity index (χ3v) is 5.20. The van der Waals surface area contributed by atoms with E-state index in [-0.39, 0.29) is 5.82 Å². The van der Waals surface area contributed by atoms with Gasteiger partial charge in [-0.05, 0) is 42.3 Å². The third-order valence-electron chi connectivity index (χ3n) is 4.95. The molecule has 8 heteroatoms. The van der Waals surface area contributed by atoms with E-state index in [4.69, 9.17) is 16.3 Å². The number of rotatable bonds is 5. The van der Waals surface area contributed by atoms with Gasteiger partial charge in [-0.15, -0.1) is 0 Å². The number of aromatic amines is 1. The predicted molar refractivity (Wildman–Crippen MR) is 113 cm³/mol. The van der Waals surface area contributed by atoms with Gasteiger partial charge in [0.2, 0.25) is 0 Å². The molecule has 0 spiro atoms. The number of nitrogens with zero attached hydrogens (tertiary/aromatic N) is 2. The van der Waals surface area contributed by atoms with Crippen molar-refractivity contribution in [1.29, 1.82) is 0 Å². The lowest BCUT2D eigenvalue weighted by molar-refractivity contribution is 0.0385. The molecule has 0 unspecified atom stereocenters. The Kier molecular flexibility index (Phi) is 5.89. The number of H-pyrrole nitrogens is 1. The summed E-state index contributed by atoms with van der Waals surface area (Å²) in [5.74, 6) is -0.430. The van der Waals surface area contributed by atoms with Crippen LogP contribution in [0.25, 0.3) is 11.0 Å². The number of nitrogens with one attached hydrogen (secondary N) is 2. The Morgan fingerprint density at radius 2 is 1.93 bits per heavy atom. The lowest BCUT2D eigenvalue weighted by Crippen LogP contribution is -2.37. The summed E-state index contributed by atoms with van der Waals surface area (Å²) in [6, 6.07) is 12.2. The standard InChI is InChI=1S/C21H21ClN4O3/c22-16-6-4-15(5-7-16)20(27)25-19-21(28)23-17-3-1-2-14(18(17)24-19)8-9-26-10-12-29-13-11-26/h1-7H,8-13H2,(H,23,28)(H,24,25,27). The molecule has 1 saturated heterocycles. The molecule has 0 aliphatic carbocycles. The number of amides is 1. The number of carbonyl (C=O) groups is 1. The van der Waals surface area contributed by atoms with Gasteiger partial charge in [-0.3, -0.25) is 14.5 Å². The van der Waals surface area contributed by atoms with Gasteiger partial charge in [0.25, 0.3) is 11.5 Å². The van der Waals surface area contributed by atoms with E-state index in [1.807, 2.05) is 18.2 Å². The zero-order valence-corrected chi connectivity index (χ0v) is 16.5. The van der Waals surface area contributed by atoms with Gasteiger partial charge in [0.05, 0.1) is 24.2 Å². The summed E-state index contributed by atoms with van der Waals surface area (Å²) in [5.41, 5.74) is 2.32. The molecule has 0 bridgehead atoms. The number of benzene rings is 2. The van der Waals surface area contributed by atoms with Crippen molar-refractivity contribution in [3.05, 3.63) is 69.0 Å². The van der Waals surface area contributed by atoms with Gasteiger partial charge in [-0.25, -0.2) is 4.98 Å². The molecule has 0 saturated carbocycles. The minimum atomic E-state index is -0.440. The fourth-order valence-electron chi connectivity index (χ4n) is 3.34. The number of halogens is 1. The molecule has 2 N–H and O–H groups in total. The van der Waals surface area contributed by atoms with Crippen LogP contribution in [0.1, 0.15) is 15.9 Å². The monoisotopic (exact) mass is 412 g/mol. The van der Waals surface area contributed by atoms with E-state index in [0.717, 1.165) is 44.8 Å². The van der Waals surface area contributed by atoms with Crippen molar-refractivity contribution in [2.24, 2.45) is 0 Å². The number of aromatic nitrogens is 2. The number of para-hydroxylation sites is 1. The van der Waals surface area contributed by atoms with E-state index in [0.29, 0.717) is 21.6 Å². The normalized spacial score (nSPS) is 14.8. The molecule has 1 aliphatic rings. The fraction of sp³-hybridized carbons (Fsp3) is 0.286. The van der Waals surface area contributed by atoms with Crippen LogP contribution in [0.4, 0.5) is 5.82 Å². The molecule has 4 rings (SSSR count). The quantitative estimate of drug-likeness (QED) is 0.672. The maximum absolute atomic E-state index is 12.5. The minimum absolute atomic E-state index is 0.0173. The molecule has 150 valence electrons. The highest BCUT2D eigenvalue weighted by Gasteiger charge is 2.14. The summed E-state index contributed by atoms with van der Waals surface area (Å²) in [5, 5.41) is 3.14. The Morgan fingerprint density at radius 1 is 1.17 bits per heavy atom. The average molecular weight is 413 g/mol. The van der Waals surface area contributed by atoms with Gasteiger partial charge >= 0.3 is 0 Å². The molecular formula is C21H21ClN4O3. The second kappa shape index (κ2) is 8.73. The summed E-state index contributed by atoms with van der Waals surface area (Å²) in [6.07, 6.45) is 0.793. The van der Waals surface area contributed by atoms with Crippen LogP contribution in [0.15, 0.2) is 47.3 Å². The Bertz CT molecular complexity index is 1080. The zero-order chi connectivity index (χ0) is 20.2. The number of hydrogen-bond donors (Lipinski definition) is 2. The van der Waals surface area contributed by atoms with Crippen molar-refractivity contribution >= 4 is 34.4 Å². The van der Waals surface area contributed by atoms with Gasteiger partial charge in [0.1, 0.15) is 0 Å². The first kappa shape index (κ1) is 19.6. The lowest BCUT2D eigenvalue weighted by Gasteiger charge is -2.26. The molecule has 0 atom stereocenters. The molecule has 1 amide bonds. The molecule has 1 aliphatic heterocycles. The Morgan fingerprint density at radius 3 is 2.69 bits per heavy atom. The van der Waals surface area contributed by atoms with Crippen LogP contribution >= 0.6 is 11.6 Å². The largest absolute Gasteiger partial charge is 0.379 e. The van der Waals surface area contributed by atoms with Crippen LogP contribution in [-0.2, 0) is 11.2 Å². The topological polar surface area (TPSA) is 87.3 Å². The van der Waals surface area contributed by atoms with Crippen molar-refractivity contribution < 1.29 is 9.53 Å². The number of carbonyl (C=O) groups excluding carboxylic acids is 1. The van der Waals surface area contributed by atoms with Gasteiger partial charge in [0.15, 0.2) is 5.82 Å². The molecule has 7 nitrogen and oxygen atoms in total. The minimum Gasteiger partial charge on any atom is -0.379 e. The molecule has 2 aromatic carbocycles. The first-order valence-corrected chi connectivity index (χ1v) is 9.87. The number of hydrogen-bond acceptors (Lipinski definition) is 5. The molecule has 0 radical (unpaired) electrons. The van der Waals surface area contributed by atoms with E-state index >= 15 is 0 Å². The van der Waals surface area contributed by atoms with Crippen molar-refractivity contribution in [1.82, 2.24) is 14.9 Å². The van der Waals surface area contributed by atoms with E-state index in [1.54, 1.807) is 24.3 Å². The highest BCUT2D eigenvalue weighted by Crippen LogP contribution is 2.17. The van der Waals surface area contributed by atoms with E-state index < -0.39 is 11.5 Å². The second-order valence-corrected chi connectivity index (χ2v) is 7.33. The van der Waals surface area contributed by atoms with Crippen LogP contribution in [0.3, 0.4) is 0 Å². The molecular weight excluding hydrogens is 392 g/mol.